The first-order valence-electron chi connectivity index (χ1n) is 10.1. The molecule has 0 aliphatic heterocycles. The number of hydrogen-bond donors (Lipinski definition) is 4. The predicted molar refractivity (Wildman–Crippen MR) is 120 cm³/mol. The first-order valence-corrected chi connectivity index (χ1v) is 10.1. The minimum absolute atomic E-state index is 0.199. The number of hydrogen-bond acceptors (Lipinski definition) is 4. The zero-order chi connectivity index (χ0) is 21.9. The molecule has 0 fully saturated rings. The van der Waals surface area contributed by atoms with Gasteiger partial charge in [0.25, 0.3) is 0 Å². The van der Waals surface area contributed by atoms with Crippen LogP contribution in [0.4, 0.5) is 0 Å². The molecule has 5 rings (SSSR count). The predicted octanol–water partition coefficient (Wildman–Crippen LogP) is 5.49. The number of phenols is 4. The summed E-state index contributed by atoms with van der Waals surface area (Å²) < 4.78 is 0. The van der Waals surface area contributed by atoms with Gasteiger partial charge in [-0.1, -0.05) is 72.8 Å². The Bertz CT molecular complexity index is 1250. The largest absolute Gasteiger partial charge is 0.504 e. The second-order valence-corrected chi connectivity index (χ2v) is 8.10. The summed E-state index contributed by atoms with van der Waals surface area (Å²) in [7, 11) is 0. The summed E-state index contributed by atoms with van der Waals surface area (Å²) in [5, 5.41) is 43.5. The molecule has 0 radical (unpaired) electrons. The molecule has 0 amide bonds. The molecule has 1 aliphatic rings. The van der Waals surface area contributed by atoms with Gasteiger partial charge in [-0.15, -0.1) is 0 Å². The normalized spacial score (nSPS) is 13.6. The second kappa shape index (κ2) is 6.54. The SMILES string of the molecule is Cc1ccc(C2(c3ccc(C)c(O)c3O)c3ccccc3-c3ccccc32)c(O)c1O. The molecule has 0 aromatic heterocycles. The maximum Gasteiger partial charge on any atom is 0.162 e. The Morgan fingerprint density at radius 2 is 0.839 bits per heavy atom. The van der Waals surface area contributed by atoms with Crippen molar-refractivity contribution < 1.29 is 20.4 Å². The van der Waals surface area contributed by atoms with Crippen LogP contribution in [-0.4, -0.2) is 20.4 Å². The van der Waals surface area contributed by atoms with Crippen LogP contribution in [0, 0.1) is 13.8 Å². The topological polar surface area (TPSA) is 80.9 Å². The summed E-state index contributed by atoms with van der Waals surface area (Å²) in [6.45, 7) is 3.44. The van der Waals surface area contributed by atoms with Crippen molar-refractivity contribution in [1.29, 1.82) is 0 Å². The number of benzene rings is 4. The summed E-state index contributed by atoms with van der Waals surface area (Å²) in [6.07, 6.45) is 0. The van der Waals surface area contributed by atoms with Crippen LogP contribution in [0.2, 0.25) is 0 Å². The van der Waals surface area contributed by atoms with Gasteiger partial charge in [-0.05, 0) is 47.2 Å². The highest BCUT2D eigenvalue weighted by atomic mass is 16.3. The number of aryl methyl sites for hydroxylation is 2. The van der Waals surface area contributed by atoms with Crippen molar-refractivity contribution in [1.82, 2.24) is 0 Å². The first kappa shape index (κ1) is 19.1. The highest BCUT2D eigenvalue weighted by Gasteiger charge is 2.49. The molecule has 0 heterocycles. The van der Waals surface area contributed by atoms with Crippen molar-refractivity contribution in [2.45, 2.75) is 19.3 Å². The fourth-order valence-electron chi connectivity index (χ4n) is 4.93. The van der Waals surface area contributed by atoms with E-state index in [1.165, 1.54) is 0 Å². The van der Waals surface area contributed by atoms with Gasteiger partial charge in [0.05, 0.1) is 5.41 Å². The smallest absolute Gasteiger partial charge is 0.162 e. The molecule has 0 unspecified atom stereocenters. The van der Waals surface area contributed by atoms with Gasteiger partial charge >= 0.3 is 0 Å². The molecule has 0 bridgehead atoms. The molecular weight excluding hydrogens is 388 g/mol. The Balaban J connectivity index is 2.04. The Hall–Kier alpha value is -3.92. The van der Waals surface area contributed by atoms with E-state index in [0.717, 1.165) is 22.3 Å². The number of phenolic OH excluding ortho intramolecular Hbond substituents is 4. The maximum atomic E-state index is 11.1. The maximum absolute atomic E-state index is 11.1. The standard InChI is InChI=1S/C27H22O4/c1-15-11-13-21(25(30)23(15)28)27(22-14-12-16(2)24(29)26(22)31)19-9-5-3-7-17(19)18-8-4-6-10-20(18)27/h3-14,28-31H,1-2H3. The summed E-state index contributed by atoms with van der Waals surface area (Å²) in [6, 6.07) is 22.7. The highest BCUT2D eigenvalue weighted by Crippen LogP contribution is 2.61. The van der Waals surface area contributed by atoms with Crippen LogP contribution in [0.1, 0.15) is 33.4 Å². The lowest BCUT2D eigenvalue weighted by atomic mass is 9.66. The zero-order valence-electron chi connectivity index (χ0n) is 17.2. The van der Waals surface area contributed by atoms with Gasteiger partial charge in [-0.25, -0.2) is 0 Å². The molecule has 4 aromatic rings. The van der Waals surface area contributed by atoms with Crippen LogP contribution < -0.4 is 0 Å². The van der Waals surface area contributed by atoms with Crippen LogP contribution >= 0.6 is 0 Å². The van der Waals surface area contributed by atoms with E-state index in [9.17, 15) is 20.4 Å². The number of aromatic hydroxyl groups is 4. The van der Waals surface area contributed by atoms with Crippen molar-refractivity contribution >= 4 is 0 Å². The van der Waals surface area contributed by atoms with E-state index in [1.54, 1.807) is 38.1 Å². The van der Waals surface area contributed by atoms with Crippen LogP contribution in [0.25, 0.3) is 11.1 Å². The molecule has 4 nitrogen and oxygen atoms in total. The van der Waals surface area contributed by atoms with Gasteiger partial charge < -0.3 is 20.4 Å². The summed E-state index contributed by atoms with van der Waals surface area (Å²) in [5.41, 5.74) is 4.49. The van der Waals surface area contributed by atoms with Crippen LogP contribution in [-0.2, 0) is 5.41 Å². The van der Waals surface area contributed by atoms with Crippen LogP contribution in [0.5, 0.6) is 23.0 Å². The molecule has 0 spiro atoms. The number of rotatable bonds is 2. The molecule has 0 saturated carbocycles. The quantitative estimate of drug-likeness (QED) is 0.290. The van der Waals surface area contributed by atoms with Crippen molar-refractivity contribution in [3.05, 3.63) is 106 Å². The molecule has 4 heteroatoms. The fraction of sp³-hybridized carbons (Fsp3) is 0.111. The average molecular weight is 410 g/mol. The molecule has 1 aliphatic carbocycles. The van der Waals surface area contributed by atoms with Gasteiger partial charge in [0, 0.05) is 11.1 Å². The van der Waals surface area contributed by atoms with E-state index in [-0.39, 0.29) is 23.0 Å². The van der Waals surface area contributed by atoms with Crippen molar-refractivity contribution in [2.75, 3.05) is 0 Å². The van der Waals surface area contributed by atoms with Crippen LogP contribution in [0.3, 0.4) is 0 Å². The van der Waals surface area contributed by atoms with E-state index >= 15 is 0 Å². The molecule has 4 N–H and O–H groups in total. The third-order valence-corrected chi connectivity index (χ3v) is 6.47. The van der Waals surface area contributed by atoms with Crippen molar-refractivity contribution in [3.63, 3.8) is 0 Å². The summed E-state index contributed by atoms with van der Waals surface area (Å²) in [4.78, 5) is 0. The first-order chi connectivity index (χ1) is 14.9. The molecule has 31 heavy (non-hydrogen) atoms. The Labute approximate surface area is 180 Å². The van der Waals surface area contributed by atoms with Gasteiger partial charge in [-0.2, -0.15) is 0 Å². The van der Waals surface area contributed by atoms with Crippen molar-refractivity contribution in [2.24, 2.45) is 0 Å². The molecule has 0 atom stereocenters. The lowest BCUT2D eigenvalue weighted by molar-refractivity contribution is 0.384. The van der Waals surface area contributed by atoms with Gasteiger partial charge in [0.15, 0.2) is 23.0 Å². The summed E-state index contributed by atoms with van der Waals surface area (Å²) in [5.74, 6) is -0.888. The lowest BCUT2D eigenvalue weighted by Gasteiger charge is -2.35. The molecule has 4 aromatic carbocycles. The third kappa shape index (κ3) is 2.36. The van der Waals surface area contributed by atoms with Gasteiger partial charge in [0.2, 0.25) is 0 Å². The third-order valence-electron chi connectivity index (χ3n) is 6.47. The van der Waals surface area contributed by atoms with E-state index < -0.39 is 5.41 Å². The van der Waals surface area contributed by atoms with E-state index in [2.05, 4.69) is 0 Å². The summed E-state index contributed by atoms with van der Waals surface area (Å²) >= 11 is 0. The monoisotopic (exact) mass is 410 g/mol. The van der Waals surface area contributed by atoms with Gasteiger partial charge in [-0.3, -0.25) is 0 Å². The van der Waals surface area contributed by atoms with Crippen molar-refractivity contribution in [3.8, 4) is 34.1 Å². The molecular formula is C27H22O4. The minimum atomic E-state index is -1.13. The van der Waals surface area contributed by atoms with E-state index in [1.807, 2.05) is 48.5 Å². The average Bonchev–Trinajstić information content (AvgIpc) is 3.07. The molecule has 0 saturated heterocycles. The Kier molecular flexibility index (Phi) is 4.02. The Morgan fingerprint density at radius 3 is 1.26 bits per heavy atom. The lowest BCUT2D eigenvalue weighted by Crippen LogP contribution is -2.29. The Morgan fingerprint density at radius 1 is 0.452 bits per heavy atom. The minimum Gasteiger partial charge on any atom is -0.504 e. The van der Waals surface area contributed by atoms with E-state index in [4.69, 9.17) is 0 Å². The van der Waals surface area contributed by atoms with E-state index in [0.29, 0.717) is 22.3 Å². The zero-order valence-corrected chi connectivity index (χ0v) is 17.2. The number of fused-ring (bicyclic) bond motifs is 3. The van der Waals surface area contributed by atoms with Crippen LogP contribution in [0.15, 0.2) is 72.8 Å². The fourth-order valence-corrected chi connectivity index (χ4v) is 4.93. The molecule has 154 valence electrons. The van der Waals surface area contributed by atoms with Gasteiger partial charge in [0.1, 0.15) is 0 Å². The second-order valence-electron chi connectivity index (χ2n) is 8.10. The highest BCUT2D eigenvalue weighted by molar-refractivity contribution is 5.88.